The quantitative estimate of drug-likeness (QED) is 0.324. The van der Waals surface area contributed by atoms with Gasteiger partial charge in [0.25, 0.3) is 5.91 Å². The zero-order valence-corrected chi connectivity index (χ0v) is 20.8. The molecule has 3 rings (SSSR count). The van der Waals surface area contributed by atoms with E-state index >= 15 is 0 Å². The number of thiophene rings is 1. The van der Waals surface area contributed by atoms with Crippen molar-refractivity contribution in [1.82, 2.24) is 0 Å². The lowest BCUT2D eigenvalue weighted by Gasteiger charge is -2.07. The predicted molar refractivity (Wildman–Crippen MR) is 128 cm³/mol. The van der Waals surface area contributed by atoms with Crippen LogP contribution in [0.15, 0.2) is 34.7 Å². The van der Waals surface area contributed by atoms with Crippen molar-refractivity contribution in [3.63, 3.8) is 0 Å². The van der Waals surface area contributed by atoms with Gasteiger partial charge < -0.3 is 23.9 Å². The smallest absolute Gasteiger partial charge is 0.348 e. The molecule has 0 aliphatic rings. The van der Waals surface area contributed by atoms with Crippen LogP contribution < -0.4 is 10.1 Å². The van der Waals surface area contributed by atoms with Crippen molar-refractivity contribution in [2.45, 2.75) is 33.8 Å². The second-order valence-electron chi connectivity index (χ2n) is 7.20. The second kappa shape index (κ2) is 11.9. The number of benzene rings is 1. The molecule has 0 bridgehead atoms. The van der Waals surface area contributed by atoms with Crippen LogP contribution >= 0.6 is 22.9 Å². The molecule has 0 unspecified atom stereocenters. The molecule has 186 valence electrons. The molecule has 0 saturated carbocycles. The first-order valence-electron chi connectivity index (χ1n) is 10.7. The van der Waals surface area contributed by atoms with Crippen LogP contribution in [0, 0.1) is 12.7 Å². The highest BCUT2D eigenvalue weighted by Crippen LogP contribution is 2.35. The number of hydrogen-bond donors (Lipinski definition) is 1. The summed E-state index contributed by atoms with van der Waals surface area (Å²) in [4.78, 5) is 38.0. The number of anilines is 1. The number of rotatable bonds is 10. The van der Waals surface area contributed by atoms with E-state index in [0.717, 1.165) is 17.4 Å². The van der Waals surface area contributed by atoms with Gasteiger partial charge in [0.2, 0.25) is 0 Å². The molecule has 0 atom stereocenters. The molecule has 0 aliphatic carbocycles. The number of ether oxygens (including phenoxy) is 3. The Morgan fingerprint density at radius 3 is 2.57 bits per heavy atom. The number of carbonyl (C=O) groups excluding carboxylic acids is 3. The summed E-state index contributed by atoms with van der Waals surface area (Å²) in [5, 5.41) is 2.86. The summed E-state index contributed by atoms with van der Waals surface area (Å²) in [5.41, 5.74) is 0.440. The lowest BCUT2D eigenvalue weighted by Crippen LogP contribution is -2.14. The highest BCUT2D eigenvalue weighted by Gasteiger charge is 2.28. The molecule has 35 heavy (non-hydrogen) atoms. The summed E-state index contributed by atoms with van der Waals surface area (Å²) in [6.07, 6.45) is 0.613. The average molecular weight is 524 g/mol. The minimum atomic E-state index is -0.656. The molecule has 1 aromatic carbocycles. The first kappa shape index (κ1) is 26.2. The fourth-order valence-corrected chi connectivity index (χ4v) is 4.29. The van der Waals surface area contributed by atoms with E-state index in [1.165, 1.54) is 24.3 Å². The zero-order valence-electron chi connectivity index (χ0n) is 19.2. The lowest BCUT2D eigenvalue weighted by atomic mass is 10.1. The summed E-state index contributed by atoms with van der Waals surface area (Å²) in [7, 11) is 0. The molecule has 1 N–H and O–H groups in total. The molecule has 11 heteroatoms. The fraction of sp³-hybridized carbons (Fsp3) is 0.292. The third-order valence-electron chi connectivity index (χ3n) is 4.63. The minimum Gasteiger partial charge on any atom is -0.484 e. The summed E-state index contributed by atoms with van der Waals surface area (Å²) in [6, 6.07) is 6.68. The maximum absolute atomic E-state index is 13.2. The van der Waals surface area contributed by atoms with E-state index in [9.17, 15) is 18.8 Å². The van der Waals surface area contributed by atoms with Crippen molar-refractivity contribution in [3.05, 3.63) is 68.7 Å². The van der Waals surface area contributed by atoms with Crippen molar-refractivity contribution in [3.8, 4) is 5.75 Å². The van der Waals surface area contributed by atoms with Crippen molar-refractivity contribution >= 4 is 45.8 Å². The molecule has 2 heterocycles. The van der Waals surface area contributed by atoms with Crippen molar-refractivity contribution in [1.29, 1.82) is 0 Å². The fourth-order valence-electron chi connectivity index (χ4n) is 2.99. The van der Waals surface area contributed by atoms with Crippen LogP contribution in [-0.4, -0.2) is 31.1 Å². The number of esters is 2. The normalized spacial score (nSPS) is 10.7. The highest BCUT2D eigenvalue weighted by molar-refractivity contribution is 7.18. The number of carbonyl (C=O) groups is 3. The van der Waals surface area contributed by atoms with E-state index < -0.39 is 23.7 Å². The number of furan rings is 1. The van der Waals surface area contributed by atoms with Gasteiger partial charge in [-0.15, -0.1) is 11.3 Å². The third-order valence-corrected chi connectivity index (χ3v) is 6.11. The van der Waals surface area contributed by atoms with E-state index in [1.807, 2.05) is 6.92 Å². The average Bonchev–Trinajstić information content (AvgIpc) is 3.41. The van der Waals surface area contributed by atoms with Gasteiger partial charge in [0.15, 0.2) is 5.76 Å². The van der Waals surface area contributed by atoms with Crippen LogP contribution in [0.3, 0.4) is 0 Å². The molecule has 1 amide bonds. The van der Waals surface area contributed by atoms with Crippen LogP contribution in [0.5, 0.6) is 5.75 Å². The third kappa shape index (κ3) is 6.40. The van der Waals surface area contributed by atoms with Gasteiger partial charge in [-0.3, -0.25) is 4.79 Å². The van der Waals surface area contributed by atoms with Crippen LogP contribution in [-0.2, 0) is 16.1 Å². The summed E-state index contributed by atoms with van der Waals surface area (Å²) >= 11 is 6.86. The molecule has 0 radical (unpaired) electrons. The molecular formula is C24H23ClFNO7S. The molecule has 0 spiro atoms. The molecule has 8 nitrogen and oxygen atoms in total. The van der Waals surface area contributed by atoms with Gasteiger partial charge in [-0.25, -0.2) is 14.0 Å². The van der Waals surface area contributed by atoms with Crippen LogP contribution in [0.4, 0.5) is 9.39 Å². The van der Waals surface area contributed by atoms with Crippen molar-refractivity contribution in [2.24, 2.45) is 0 Å². The summed E-state index contributed by atoms with van der Waals surface area (Å²) in [6.45, 7) is 5.40. The van der Waals surface area contributed by atoms with E-state index in [2.05, 4.69) is 5.32 Å². The Labute approximate surface area is 209 Å². The van der Waals surface area contributed by atoms with E-state index in [4.69, 9.17) is 30.2 Å². The van der Waals surface area contributed by atoms with Gasteiger partial charge in [-0.05, 0) is 56.2 Å². The number of hydrogen-bond acceptors (Lipinski definition) is 8. The molecule has 0 saturated heterocycles. The van der Waals surface area contributed by atoms with Crippen molar-refractivity contribution < 1.29 is 37.4 Å². The monoisotopic (exact) mass is 523 g/mol. The largest absolute Gasteiger partial charge is 0.484 e. The van der Waals surface area contributed by atoms with Gasteiger partial charge in [0.05, 0.1) is 23.8 Å². The second-order valence-corrected chi connectivity index (χ2v) is 8.63. The first-order chi connectivity index (χ1) is 16.7. The Morgan fingerprint density at radius 2 is 1.89 bits per heavy atom. The Morgan fingerprint density at radius 1 is 1.11 bits per heavy atom. The standard InChI is InChI=1S/C24H23ClFNO7S/c1-4-10-32-23(29)19-13(3)20(24(30)31-5-2)35-22(19)27-21(28)18-9-7-15(34-18)12-33-17-8-6-14(26)11-16(17)25/h6-9,11H,4-5,10,12H2,1-3H3,(H,27,28). The number of amides is 1. The molecule has 0 aliphatic heterocycles. The molecule has 2 aromatic heterocycles. The zero-order chi connectivity index (χ0) is 25.5. The number of halogens is 2. The van der Waals surface area contributed by atoms with E-state index in [1.54, 1.807) is 13.8 Å². The maximum Gasteiger partial charge on any atom is 0.348 e. The Hall–Kier alpha value is -3.37. The molecular weight excluding hydrogens is 501 g/mol. The van der Waals surface area contributed by atoms with E-state index in [-0.39, 0.29) is 51.8 Å². The SMILES string of the molecule is CCCOC(=O)c1c(NC(=O)c2ccc(COc3ccc(F)cc3Cl)o2)sc(C(=O)OCC)c1C. The minimum absolute atomic E-state index is 0.0505. The van der Waals surface area contributed by atoms with Gasteiger partial charge in [-0.1, -0.05) is 18.5 Å². The maximum atomic E-state index is 13.2. The van der Waals surface area contributed by atoms with Crippen LogP contribution in [0.25, 0.3) is 0 Å². The van der Waals surface area contributed by atoms with Crippen LogP contribution in [0.1, 0.15) is 62.2 Å². The molecule has 0 fully saturated rings. The van der Waals surface area contributed by atoms with Gasteiger partial charge in [0.1, 0.15) is 33.8 Å². The Balaban J connectivity index is 1.77. The molecule has 3 aromatic rings. The highest BCUT2D eigenvalue weighted by atomic mass is 35.5. The summed E-state index contributed by atoms with van der Waals surface area (Å²) in [5.74, 6) is -1.87. The van der Waals surface area contributed by atoms with Gasteiger partial charge in [0, 0.05) is 0 Å². The first-order valence-corrected chi connectivity index (χ1v) is 11.9. The number of nitrogens with one attached hydrogen (secondary N) is 1. The Kier molecular flexibility index (Phi) is 8.89. The van der Waals surface area contributed by atoms with Crippen LogP contribution in [0.2, 0.25) is 5.02 Å². The van der Waals surface area contributed by atoms with Crippen molar-refractivity contribution in [2.75, 3.05) is 18.5 Å². The predicted octanol–water partition coefficient (Wildman–Crippen LogP) is 6.02. The van der Waals surface area contributed by atoms with E-state index in [0.29, 0.717) is 17.7 Å². The Bertz CT molecular complexity index is 1240. The topological polar surface area (TPSA) is 104 Å². The lowest BCUT2D eigenvalue weighted by molar-refractivity contribution is 0.0506. The van der Waals surface area contributed by atoms with Gasteiger partial charge in [-0.2, -0.15) is 0 Å². The summed E-state index contributed by atoms with van der Waals surface area (Å²) < 4.78 is 34.5. The van der Waals surface area contributed by atoms with Gasteiger partial charge >= 0.3 is 11.9 Å².